The summed E-state index contributed by atoms with van der Waals surface area (Å²) >= 11 is 0. The molecule has 0 unspecified atom stereocenters. The maximum atomic E-state index is 11.9. The first kappa shape index (κ1) is 19.9. The summed E-state index contributed by atoms with van der Waals surface area (Å²) in [6.45, 7) is 0. The molecule has 156 valence electrons. The van der Waals surface area contributed by atoms with E-state index in [0.29, 0.717) is 11.1 Å². The molecule has 8 nitrogen and oxygen atoms in total. The zero-order valence-electron chi connectivity index (χ0n) is 16.7. The molecule has 1 aliphatic rings. The predicted octanol–water partition coefficient (Wildman–Crippen LogP) is 4.49. The van der Waals surface area contributed by atoms with Gasteiger partial charge < -0.3 is 9.84 Å². The molecule has 1 aliphatic carbocycles. The Kier molecular flexibility index (Phi) is 5.39. The zero-order chi connectivity index (χ0) is 21.3. The van der Waals surface area contributed by atoms with Gasteiger partial charge in [0.2, 0.25) is 5.75 Å². The minimum absolute atomic E-state index is 0.0468. The lowest BCUT2D eigenvalue weighted by atomic mass is 9.97. The van der Waals surface area contributed by atoms with E-state index in [1.54, 1.807) is 10.9 Å². The summed E-state index contributed by atoms with van der Waals surface area (Å²) in [6.07, 6.45) is 5.66. The largest absolute Gasteiger partial charge is 0.483 e. The summed E-state index contributed by atoms with van der Waals surface area (Å²) in [5.74, 6) is -0.684. The fourth-order valence-electron chi connectivity index (χ4n) is 4.05. The van der Waals surface area contributed by atoms with Gasteiger partial charge in [0.1, 0.15) is 0 Å². The van der Waals surface area contributed by atoms with Crippen molar-refractivity contribution in [1.82, 2.24) is 9.78 Å². The molecule has 30 heavy (non-hydrogen) atoms. The number of carbonyl (C=O) groups is 1. The number of aliphatic carboxylic acids is 1. The highest BCUT2D eigenvalue weighted by atomic mass is 16.6. The highest BCUT2D eigenvalue weighted by Crippen LogP contribution is 2.42. The molecule has 2 aromatic carbocycles. The van der Waals surface area contributed by atoms with Crippen molar-refractivity contribution in [3.05, 3.63) is 52.2 Å². The third-order valence-electron chi connectivity index (χ3n) is 5.60. The Morgan fingerprint density at radius 2 is 2.07 bits per heavy atom. The van der Waals surface area contributed by atoms with Crippen molar-refractivity contribution >= 4 is 22.6 Å². The maximum Gasteiger partial charge on any atom is 0.311 e. The average Bonchev–Trinajstić information content (AvgIpc) is 3.36. The molecule has 1 N–H and O–H groups in total. The minimum Gasteiger partial charge on any atom is -0.483 e. The van der Waals surface area contributed by atoms with Crippen LogP contribution in [-0.2, 0) is 18.3 Å². The predicted molar refractivity (Wildman–Crippen MR) is 112 cm³/mol. The lowest BCUT2D eigenvalue weighted by Crippen LogP contribution is -2.13. The van der Waals surface area contributed by atoms with Crippen LogP contribution in [0.2, 0.25) is 0 Å². The third kappa shape index (κ3) is 3.98. The van der Waals surface area contributed by atoms with Gasteiger partial charge in [0.25, 0.3) is 0 Å². The van der Waals surface area contributed by atoms with Gasteiger partial charge in [0, 0.05) is 30.5 Å². The maximum absolute atomic E-state index is 11.9. The zero-order valence-corrected chi connectivity index (χ0v) is 16.7. The molecule has 4 rings (SSSR count). The molecular weight excluding hydrogens is 386 g/mol. The van der Waals surface area contributed by atoms with E-state index >= 15 is 0 Å². The van der Waals surface area contributed by atoms with Crippen molar-refractivity contribution in [3.8, 4) is 16.9 Å². The van der Waals surface area contributed by atoms with Crippen LogP contribution in [0.3, 0.4) is 0 Å². The van der Waals surface area contributed by atoms with E-state index in [9.17, 15) is 14.9 Å². The molecule has 1 fully saturated rings. The fourth-order valence-corrected chi connectivity index (χ4v) is 4.05. The molecule has 1 heterocycles. The minimum atomic E-state index is -0.942. The molecule has 0 aliphatic heterocycles. The van der Waals surface area contributed by atoms with Gasteiger partial charge in [-0.1, -0.05) is 6.07 Å². The second-order valence-corrected chi connectivity index (χ2v) is 7.71. The van der Waals surface area contributed by atoms with Gasteiger partial charge in [-0.05, 0) is 61.4 Å². The fraction of sp³-hybridized carbons (Fsp3) is 0.364. The summed E-state index contributed by atoms with van der Waals surface area (Å²) in [7, 11) is 1.86. The molecule has 1 saturated carbocycles. The van der Waals surface area contributed by atoms with Gasteiger partial charge in [-0.3, -0.25) is 19.6 Å². The first-order valence-corrected chi connectivity index (χ1v) is 10.0. The number of carboxylic acids is 1. The molecule has 0 radical (unpaired) electrons. The van der Waals surface area contributed by atoms with Crippen molar-refractivity contribution in [1.29, 1.82) is 0 Å². The summed E-state index contributed by atoms with van der Waals surface area (Å²) in [4.78, 5) is 22.5. The Morgan fingerprint density at radius 3 is 2.77 bits per heavy atom. The van der Waals surface area contributed by atoms with E-state index in [-0.39, 0.29) is 30.4 Å². The van der Waals surface area contributed by atoms with Crippen LogP contribution in [0.4, 0.5) is 5.69 Å². The number of carboxylic acid groups (broad SMARTS) is 1. The molecule has 8 heteroatoms. The van der Waals surface area contributed by atoms with Crippen LogP contribution >= 0.6 is 0 Å². The smallest absolute Gasteiger partial charge is 0.311 e. The van der Waals surface area contributed by atoms with Gasteiger partial charge in [0.15, 0.2) is 0 Å². The second kappa shape index (κ2) is 8.14. The summed E-state index contributed by atoms with van der Waals surface area (Å²) in [5, 5.41) is 26.1. The van der Waals surface area contributed by atoms with Crippen molar-refractivity contribution in [3.63, 3.8) is 0 Å². The number of aromatic nitrogens is 2. The number of benzene rings is 2. The van der Waals surface area contributed by atoms with Gasteiger partial charge in [-0.25, -0.2) is 0 Å². The van der Waals surface area contributed by atoms with Crippen molar-refractivity contribution in [2.75, 3.05) is 0 Å². The van der Waals surface area contributed by atoms with E-state index in [4.69, 9.17) is 9.84 Å². The van der Waals surface area contributed by atoms with Crippen LogP contribution in [0, 0.1) is 10.1 Å². The number of aryl methyl sites for hydroxylation is 2. The number of hydrogen-bond donors (Lipinski definition) is 1. The second-order valence-electron chi connectivity index (χ2n) is 7.71. The van der Waals surface area contributed by atoms with E-state index < -0.39 is 10.9 Å². The van der Waals surface area contributed by atoms with Crippen molar-refractivity contribution < 1.29 is 19.6 Å². The summed E-state index contributed by atoms with van der Waals surface area (Å²) in [5.41, 5.74) is 2.83. The molecule has 0 saturated heterocycles. The Bertz CT molecular complexity index is 1120. The summed E-state index contributed by atoms with van der Waals surface area (Å²) < 4.78 is 7.94. The van der Waals surface area contributed by atoms with Crippen LogP contribution < -0.4 is 4.74 Å². The Hall–Kier alpha value is -3.42. The van der Waals surface area contributed by atoms with Gasteiger partial charge in [0.05, 0.1) is 22.7 Å². The molecule has 0 spiro atoms. The summed E-state index contributed by atoms with van der Waals surface area (Å²) in [6, 6.07) is 9.01. The highest BCUT2D eigenvalue weighted by Gasteiger charge is 2.27. The highest BCUT2D eigenvalue weighted by molar-refractivity contribution is 5.87. The van der Waals surface area contributed by atoms with Crippen LogP contribution in [0.5, 0.6) is 5.75 Å². The van der Waals surface area contributed by atoms with Crippen LogP contribution in [-0.4, -0.2) is 31.9 Å². The first-order valence-electron chi connectivity index (χ1n) is 10.0. The van der Waals surface area contributed by atoms with Gasteiger partial charge in [-0.2, -0.15) is 5.10 Å². The van der Waals surface area contributed by atoms with Crippen LogP contribution in [0.1, 0.15) is 37.7 Å². The number of nitrogens with zero attached hydrogens (tertiary/aromatic N) is 3. The van der Waals surface area contributed by atoms with Crippen molar-refractivity contribution in [2.45, 2.75) is 44.6 Å². The third-order valence-corrected chi connectivity index (χ3v) is 5.60. The van der Waals surface area contributed by atoms with Crippen LogP contribution in [0.15, 0.2) is 36.5 Å². The standard InChI is InChI=1S/C22H23N3O5/c1-24-19-8-7-15(12-16(19)13-23-24)18-10-14(6-9-21(26)27)11-20(25(28)29)22(18)30-17-4-2-3-5-17/h7-8,10-13,17H,2-6,9H2,1H3,(H,26,27). The number of nitro benzene ring substituents is 1. The average molecular weight is 409 g/mol. The number of nitro groups is 1. The lowest BCUT2D eigenvalue weighted by Gasteiger charge is -2.18. The van der Waals surface area contributed by atoms with E-state index in [1.807, 2.05) is 31.3 Å². The molecule has 0 atom stereocenters. The monoisotopic (exact) mass is 409 g/mol. The molecule has 0 bridgehead atoms. The Morgan fingerprint density at radius 1 is 1.30 bits per heavy atom. The molecule has 3 aromatic rings. The van der Waals surface area contributed by atoms with Crippen molar-refractivity contribution in [2.24, 2.45) is 7.05 Å². The number of rotatable bonds is 7. The quantitative estimate of drug-likeness (QED) is 0.455. The molecule has 1 aromatic heterocycles. The van der Waals surface area contributed by atoms with Gasteiger partial charge in [-0.15, -0.1) is 0 Å². The number of hydrogen-bond acceptors (Lipinski definition) is 5. The topological polar surface area (TPSA) is 107 Å². The van der Waals surface area contributed by atoms with E-state index in [2.05, 4.69) is 5.10 Å². The van der Waals surface area contributed by atoms with E-state index in [1.165, 1.54) is 6.07 Å². The number of ether oxygens (including phenoxy) is 1. The van der Waals surface area contributed by atoms with Gasteiger partial charge >= 0.3 is 11.7 Å². The Labute approximate surface area is 173 Å². The normalized spacial score (nSPS) is 14.3. The Balaban J connectivity index is 1.86. The lowest BCUT2D eigenvalue weighted by molar-refractivity contribution is -0.386. The van der Waals surface area contributed by atoms with E-state index in [0.717, 1.165) is 42.1 Å². The number of fused-ring (bicyclic) bond motifs is 1. The SMILES string of the molecule is Cn1ncc2cc(-c3cc(CCC(=O)O)cc([N+](=O)[O-])c3OC3CCCC3)ccc21. The van der Waals surface area contributed by atoms with Crippen LogP contribution in [0.25, 0.3) is 22.0 Å². The molecular formula is C22H23N3O5. The molecule has 0 amide bonds. The first-order chi connectivity index (χ1) is 14.4.